The van der Waals surface area contributed by atoms with E-state index in [-0.39, 0.29) is 1.43 Å². The van der Waals surface area contributed by atoms with Crippen molar-refractivity contribution in [1.29, 1.82) is 0 Å². The van der Waals surface area contributed by atoms with Crippen molar-refractivity contribution in [3.8, 4) is 0 Å². The Kier molecular flexibility index (Phi) is 4.51. The summed E-state index contributed by atoms with van der Waals surface area (Å²) in [6, 6.07) is 0. The van der Waals surface area contributed by atoms with E-state index in [1.54, 1.807) is 26.0 Å². The summed E-state index contributed by atoms with van der Waals surface area (Å²) in [7, 11) is 0. The van der Waals surface area contributed by atoms with Crippen LogP contribution in [0.2, 0.25) is 0 Å². The fourth-order valence-corrected chi connectivity index (χ4v) is 0.614. The lowest BCUT2D eigenvalue weighted by Gasteiger charge is -1.93. The van der Waals surface area contributed by atoms with Crippen LogP contribution in [-0.2, 0) is 9.59 Å². The minimum atomic E-state index is -0.454. The van der Waals surface area contributed by atoms with Gasteiger partial charge in [-0.25, -0.2) is 0 Å². The van der Waals surface area contributed by atoms with Gasteiger partial charge in [-0.1, -0.05) is 12.2 Å². The topological polar surface area (TPSA) is 86.2 Å². The number of rotatable bonds is 4. The molecule has 4 heteroatoms. The molecule has 4 nitrogen and oxygen atoms in total. The first-order valence-corrected chi connectivity index (χ1v) is 3.88. The summed E-state index contributed by atoms with van der Waals surface area (Å²) in [5, 5.41) is 0. The molecule has 0 aromatic carbocycles. The van der Waals surface area contributed by atoms with Gasteiger partial charge in [-0.3, -0.25) is 9.59 Å². The summed E-state index contributed by atoms with van der Waals surface area (Å²) in [5.41, 5.74) is 10.9. The third kappa shape index (κ3) is 4.79. The largest absolute Gasteiger partial charge is 1.00 e. The van der Waals surface area contributed by atoms with Crippen LogP contribution in [0, 0.1) is 0 Å². The maximum absolute atomic E-state index is 10.6. The number of carbonyl (C=O) groups is 2. The van der Waals surface area contributed by atoms with Gasteiger partial charge < -0.3 is 11.5 Å². The molecular formula is C9H15N2O2+. The Morgan fingerprint density at radius 2 is 1.38 bits per heavy atom. The highest BCUT2D eigenvalue weighted by Gasteiger charge is 1.96. The molecule has 0 aromatic rings. The van der Waals surface area contributed by atoms with Gasteiger partial charge in [0.25, 0.3) is 0 Å². The summed E-state index contributed by atoms with van der Waals surface area (Å²) in [4.78, 5) is 21.1. The van der Waals surface area contributed by atoms with Crippen LogP contribution in [0.4, 0.5) is 0 Å². The Labute approximate surface area is 78.8 Å². The second kappa shape index (κ2) is 5.13. The van der Waals surface area contributed by atoms with Crippen molar-refractivity contribution < 1.29 is 11.0 Å². The average Bonchev–Trinajstić information content (AvgIpc) is 2.03. The molecule has 2 amide bonds. The molecule has 0 aliphatic carbocycles. The maximum atomic E-state index is 10.6. The van der Waals surface area contributed by atoms with Crippen molar-refractivity contribution in [3.63, 3.8) is 0 Å². The van der Waals surface area contributed by atoms with E-state index in [2.05, 4.69) is 0 Å². The third-order valence-corrected chi connectivity index (χ3v) is 1.63. The molecular weight excluding hydrogens is 168 g/mol. The molecule has 72 valence electrons. The first kappa shape index (κ1) is 11.4. The van der Waals surface area contributed by atoms with Gasteiger partial charge in [0, 0.05) is 11.1 Å². The number of hydrogen-bond donors (Lipinski definition) is 2. The summed E-state index contributed by atoms with van der Waals surface area (Å²) < 4.78 is 0. The van der Waals surface area contributed by atoms with Gasteiger partial charge in [0.15, 0.2) is 0 Å². The van der Waals surface area contributed by atoms with E-state index in [9.17, 15) is 9.59 Å². The van der Waals surface area contributed by atoms with Gasteiger partial charge in [0.05, 0.1) is 0 Å². The maximum Gasteiger partial charge on any atom is 1.00 e. The van der Waals surface area contributed by atoms with E-state index < -0.39 is 11.8 Å². The summed E-state index contributed by atoms with van der Waals surface area (Å²) in [6.07, 6.45) is 3.78. The number of allylic oxidation sites excluding steroid dienone is 2. The van der Waals surface area contributed by atoms with Gasteiger partial charge in [0.2, 0.25) is 11.8 Å². The second-order valence-electron chi connectivity index (χ2n) is 2.74. The van der Waals surface area contributed by atoms with E-state index in [1.807, 2.05) is 0 Å². The zero-order valence-electron chi connectivity index (χ0n) is 8.83. The van der Waals surface area contributed by atoms with Crippen molar-refractivity contribution in [3.05, 3.63) is 23.3 Å². The number of amides is 2. The highest BCUT2D eigenvalue weighted by molar-refractivity contribution is 5.92. The Morgan fingerprint density at radius 1 is 1.08 bits per heavy atom. The van der Waals surface area contributed by atoms with Crippen LogP contribution >= 0.6 is 0 Å². The van der Waals surface area contributed by atoms with Gasteiger partial charge in [-0.05, 0) is 20.3 Å². The van der Waals surface area contributed by atoms with Crippen LogP contribution in [-0.4, -0.2) is 11.8 Å². The molecule has 0 saturated heterocycles. The van der Waals surface area contributed by atoms with Crippen LogP contribution in [0.15, 0.2) is 23.3 Å². The first-order chi connectivity index (χ1) is 5.95. The van der Waals surface area contributed by atoms with Crippen molar-refractivity contribution >= 4 is 11.8 Å². The monoisotopic (exact) mass is 183 g/mol. The highest BCUT2D eigenvalue weighted by atomic mass is 16.1. The van der Waals surface area contributed by atoms with Crippen molar-refractivity contribution in [2.75, 3.05) is 0 Å². The molecule has 0 aliphatic rings. The lowest BCUT2D eigenvalue weighted by Crippen LogP contribution is -2.12. The molecule has 4 N–H and O–H groups in total. The lowest BCUT2D eigenvalue weighted by atomic mass is 10.2. The smallest absolute Gasteiger partial charge is 0.366 e. The summed E-state index contributed by atoms with van der Waals surface area (Å²) >= 11 is 0. The van der Waals surface area contributed by atoms with Gasteiger partial charge in [0.1, 0.15) is 0 Å². The Balaban J connectivity index is 0. The Morgan fingerprint density at radius 3 is 1.62 bits per heavy atom. The van der Waals surface area contributed by atoms with E-state index >= 15 is 0 Å². The zero-order chi connectivity index (χ0) is 10.4. The number of hydrogen-bond acceptors (Lipinski definition) is 2. The van der Waals surface area contributed by atoms with Crippen LogP contribution in [0.25, 0.3) is 0 Å². The molecule has 0 saturated carbocycles. The van der Waals surface area contributed by atoms with Crippen molar-refractivity contribution in [2.45, 2.75) is 20.3 Å². The van der Waals surface area contributed by atoms with E-state index in [1.165, 1.54) is 0 Å². The molecule has 0 heterocycles. The number of carbonyl (C=O) groups excluding carboxylic acids is 2. The SMILES string of the molecule is C/C(=C\C/C=C(\C)C(N)=O)C(N)=O.[H+]. The summed E-state index contributed by atoms with van der Waals surface area (Å²) in [6.45, 7) is 3.24. The minimum absolute atomic E-state index is 0. The third-order valence-electron chi connectivity index (χ3n) is 1.63. The molecule has 13 heavy (non-hydrogen) atoms. The fourth-order valence-electron chi connectivity index (χ4n) is 0.614. The lowest BCUT2D eigenvalue weighted by molar-refractivity contribution is -0.115. The molecule has 0 unspecified atom stereocenters. The van der Waals surface area contributed by atoms with E-state index in [0.717, 1.165) is 0 Å². The summed E-state index contributed by atoms with van der Waals surface area (Å²) in [5.74, 6) is -0.907. The normalized spacial score (nSPS) is 12.8. The predicted octanol–water partition coefficient (Wildman–Crippen LogP) is 0.352. The van der Waals surface area contributed by atoms with E-state index in [4.69, 9.17) is 11.5 Å². The van der Waals surface area contributed by atoms with Crippen LogP contribution in [0.3, 0.4) is 0 Å². The Bertz CT molecular complexity index is 255. The highest BCUT2D eigenvalue weighted by Crippen LogP contribution is 1.98. The molecule has 0 spiro atoms. The molecule has 0 bridgehead atoms. The Hall–Kier alpha value is -1.58. The van der Waals surface area contributed by atoms with Crippen LogP contribution < -0.4 is 11.5 Å². The standard InChI is InChI=1S/C9H14N2O2/c1-6(8(10)12)4-3-5-7(2)9(11)13/h4-5H,3H2,1-2H3,(H2,10,12)(H2,11,13)/p+1/b6-4+,7-5+. The number of nitrogens with two attached hydrogens (primary N) is 2. The molecule has 0 aliphatic heterocycles. The quantitative estimate of drug-likeness (QED) is 0.616. The fraction of sp³-hybridized carbons (Fsp3) is 0.333. The predicted molar refractivity (Wildman–Crippen MR) is 51.6 cm³/mol. The number of primary amides is 2. The van der Waals surface area contributed by atoms with Gasteiger partial charge in [-0.15, -0.1) is 0 Å². The van der Waals surface area contributed by atoms with Gasteiger partial charge >= 0.3 is 1.43 Å². The van der Waals surface area contributed by atoms with Gasteiger partial charge in [-0.2, -0.15) is 0 Å². The van der Waals surface area contributed by atoms with Crippen LogP contribution in [0.1, 0.15) is 21.7 Å². The van der Waals surface area contributed by atoms with E-state index in [0.29, 0.717) is 17.6 Å². The van der Waals surface area contributed by atoms with Crippen LogP contribution in [0.5, 0.6) is 0 Å². The average molecular weight is 183 g/mol. The second-order valence-corrected chi connectivity index (χ2v) is 2.74. The molecule has 0 aromatic heterocycles. The van der Waals surface area contributed by atoms with Crippen molar-refractivity contribution in [1.82, 2.24) is 0 Å². The molecule has 0 fully saturated rings. The molecule has 0 rings (SSSR count). The molecule has 0 atom stereocenters. The first-order valence-electron chi connectivity index (χ1n) is 3.88. The minimum Gasteiger partial charge on any atom is -0.366 e. The van der Waals surface area contributed by atoms with Crippen molar-refractivity contribution in [2.24, 2.45) is 11.5 Å². The molecule has 0 radical (unpaired) electrons. The zero-order valence-corrected chi connectivity index (χ0v) is 7.83.